The van der Waals surface area contributed by atoms with Crippen LogP contribution < -0.4 is 4.72 Å². The van der Waals surface area contributed by atoms with E-state index in [0.717, 1.165) is 0 Å². The van der Waals surface area contributed by atoms with Crippen molar-refractivity contribution < 1.29 is 18.3 Å². The lowest BCUT2D eigenvalue weighted by Crippen LogP contribution is -2.54. The Hall–Kier alpha value is -1.17. The van der Waals surface area contributed by atoms with Gasteiger partial charge in [0.15, 0.2) is 0 Å². The first-order chi connectivity index (χ1) is 9.92. The molecule has 0 atom stereocenters. The Balaban J connectivity index is 2.36. The van der Waals surface area contributed by atoms with Gasteiger partial charge in [0.1, 0.15) is 4.90 Å². The minimum atomic E-state index is -3.94. The van der Waals surface area contributed by atoms with Gasteiger partial charge in [-0.3, -0.25) is 0 Å². The van der Waals surface area contributed by atoms with E-state index in [0.29, 0.717) is 26.1 Å². The van der Waals surface area contributed by atoms with Crippen LogP contribution in [-0.2, 0) is 14.8 Å². The largest absolute Gasteiger partial charge is 0.394 e. The lowest BCUT2D eigenvalue weighted by molar-refractivity contribution is 0.0223. The molecule has 0 spiro atoms. The van der Waals surface area contributed by atoms with Gasteiger partial charge in [-0.2, -0.15) is 5.26 Å². The van der Waals surface area contributed by atoms with E-state index in [2.05, 4.69) is 4.72 Å². The first-order valence-electron chi connectivity index (χ1n) is 6.35. The Kier molecular flexibility index (Phi) is 4.86. The zero-order chi connectivity index (χ0) is 15.5. The van der Waals surface area contributed by atoms with Gasteiger partial charge in [0, 0.05) is 13.2 Å². The average molecular weight is 331 g/mol. The number of aliphatic hydroxyl groups is 1. The third-order valence-electron chi connectivity index (χ3n) is 3.45. The number of benzene rings is 1. The molecule has 1 fully saturated rings. The number of nitrogens with one attached hydrogen (secondary N) is 1. The lowest BCUT2D eigenvalue weighted by Gasteiger charge is -2.35. The summed E-state index contributed by atoms with van der Waals surface area (Å²) in [5.41, 5.74) is -0.756. The van der Waals surface area contributed by atoms with Crippen LogP contribution >= 0.6 is 11.6 Å². The summed E-state index contributed by atoms with van der Waals surface area (Å²) < 4.78 is 32.7. The maximum atomic E-state index is 12.5. The summed E-state index contributed by atoms with van der Waals surface area (Å²) in [6, 6.07) is 5.90. The van der Waals surface area contributed by atoms with Gasteiger partial charge < -0.3 is 9.84 Å². The van der Waals surface area contributed by atoms with Crippen LogP contribution in [0.15, 0.2) is 23.1 Å². The van der Waals surface area contributed by atoms with E-state index in [1.54, 1.807) is 0 Å². The van der Waals surface area contributed by atoms with Gasteiger partial charge in [-0.25, -0.2) is 13.1 Å². The molecule has 1 aromatic carbocycles. The fraction of sp³-hybridized carbons (Fsp3) is 0.462. The highest BCUT2D eigenvalue weighted by molar-refractivity contribution is 7.89. The molecule has 0 amide bonds. The molecule has 2 rings (SSSR count). The summed E-state index contributed by atoms with van der Waals surface area (Å²) in [5, 5.41) is 18.5. The first-order valence-corrected chi connectivity index (χ1v) is 8.21. The van der Waals surface area contributed by atoms with E-state index in [1.807, 2.05) is 6.07 Å². The number of nitrogens with zero attached hydrogens (tertiary/aromatic N) is 1. The first kappa shape index (κ1) is 16.2. The quantitative estimate of drug-likeness (QED) is 0.859. The minimum Gasteiger partial charge on any atom is -0.394 e. The fourth-order valence-corrected chi connectivity index (χ4v) is 4.15. The molecule has 0 aliphatic carbocycles. The Bertz CT molecular complexity index is 663. The molecule has 1 saturated heterocycles. The summed E-state index contributed by atoms with van der Waals surface area (Å²) >= 11 is 5.93. The van der Waals surface area contributed by atoms with Gasteiger partial charge in [0.2, 0.25) is 10.0 Å². The normalized spacial score (nSPS) is 18.1. The van der Waals surface area contributed by atoms with Crippen molar-refractivity contribution >= 4 is 21.6 Å². The van der Waals surface area contributed by atoms with Gasteiger partial charge >= 0.3 is 0 Å². The number of hydrogen-bond donors (Lipinski definition) is 2. The van der Waals surface area contributed by atoms with Crippen molar-refractivity contribution in [1.82, 2.24) is 4.72 Å². The van der Waals surface area contributed by atoms with Crippen LogP contribution in [-0.4, -0.2) is 38.9 Å². The molecule has 0 radical (unpaired) electrons. The maximum absolute atomic E-state index is 12.5. The topological polar surface area (TPSA) is 99.4 Å². The van der Waals surface area contributed by atoms with E-state index in [9.17, 15) is 13.5 Å². The van der Waals surface area contributed by atoms with Crippen molar-refractivity contribution in [3.05, 3.63) is 28.8 Å². The zero-order valence-electron chi connectivity index (χ0n) is 11.2. The van der Waals surface area contributed by atoms with Gasteiger partial charge in [0.25, 0.3) is 0 Å². The Labute approximate surface area is 128 Å². The molecular weight excluding hydrogens is 316 g/mol. The third kappa shape index (κ3) is 3.54. The predicted octanol–water partition coefficient (Wildman–Crippen LogP) is 1.03. The third-order valence-corrected chi connectivity index (χ3v) is 5.51. The molecule has 0 unspecified atom stereocenters. The van der Waals surface area contributed by atoms with Crippen LogP contribution in [0.4, 0.5) is 0 Å². The number of ether oxygens (including phenoxy) is 1. The lowest BCUT2D eigenvalue weighted by atomic mass is 9.93. The van der Waals surface area contributed by atoms with E-state index in [1.165, 1.54) is 18.2 Å². The molecule has 8 heteroatoms. The molecule has 2 N–H and O–H groups in total. The van der Waals surface area contributed by atoms with Crippen LogP contribution in [0.25, 0.3) is 0 Å². The standard InChI is InChI=1S/C13H15ClN2O4S/c14-11-2-1-10(8-15)7-12(11)21(18,19)16-13(9-17)3-5-20-6-4-13/h1-2,7,16-17H,3-6,9H2. The maximum Gasteiger partial charge on any atom is 0.242 e. The molecule has 1 heterocycles. The molecule has 0 aromatic heterocycles. The number of aliphatic hydroxyl groups excluding tert-OH is 1. The number of rotatable bonds is 4. The highest BCUT2D eigenvalue weighted by Crippen LogP contribution is 2.27. The van der Waals surface area contributed by atoms with Crippen LogP contribution in [0.2, 0.25) is 5.02 Å². The highest BCUT2D eigenvalue weighted by Gasteiger charge is 2.37. The zero-order valence-corrected chi connectivity index (χ0v) is 12.7. The second-order valence-corrected chi connectivity index (χ2v) is 6.97. The van der Waals surface area contributed by atoms with Crippen molar-refractivity contribution in [2.24, 2.45) is 0 Å². The summed E-state index contributed by atoms with van der Waals surface area (Å²) in [7, 11) is -3.94. The summed E-state index contributed by atoms with van der Waals surface area (Å²) in [6.07, 6.45) is 0.747. The molecule has 0 saturated carbocycles. The minimum absolute atomic E-state index is 0.0293. The second kappa shape index (κ2) is 6.30. The highest BCUT2D eigenvalue weighted by atomic mass is 35.5. The average Bonchev–Trinajstić information content (AvgIpc) is 2.48. The molecule has 1 aliphatic rings. The van der Waals surface area contributed by atoms with E-state index < -0.39 is 15.6 Å². The van der Waals surface area contributed by atoms with Crippen LogP contribution in [0.3, 0.4) is 0 Å². The molecule has 1 aliphatic heterocycles. The number of nitriles is 1. The smallest absolute Gasteiger partial charge is 0.242 e. The van der Waals surface area contributed by atoms with Gasteiger partial charge in [-0.05, 0) is 31.0 Å². The molecule has 6 nitrogen and oxygen atoms in total. The second-order valence-electron chi connectivity index (χ2n) is 4.91. The monoisotopic (exact) mass is 330 g/mol. The summed E-state index contributed by atoms with van der Waals surface area (Å²) in [4.78, 5) is -0.164. The number of halogens is 1. The Morgan fingerprint density at radius 1 is 1.43 bits per heavy atom. The number of sulfonamides is 1. The Morgan fingerprint density at radius 3 is 2.67 bits per heavy atom. The summed E-state index contributed by atoms with van der Waals surface area (Å²) in [5.74, 6) is 0. The Morgan fingerprint density at radius 2 is 2.10 bits per heavy atom. The van der Waals surface area contributed by atoms with Gasteiger partial charge in [-0.15, -0.1) is 0 Å². The van der Waals surface area contributed by atoms with Crippen LogP contribution in [0.1, 0.15) is 18.4 Å². The van der Waals surface area contributed by atoms with Crippen molar-refractivity contribution in [2.45, 2.75) is 23.3 Å². The van der Waals surface area contributed by atoms with Crippen molar-refractivity contribution in [1.29, 1.82) is 5.26 Å². The SMILES string of the molecule is N#Cc1ccc(Cl)c(S(=O)(=O)NC2(CO)CCOCC2)c1. The van der Waals surface area contributed by atoms with E-state index >= 15 is 0 Å². The van der Waals surface area contributed by atoms with Gasteiger partial charge in [0.05, 0.1) is 28.8 Å². The summed E-state index contributed by atoms with van der Waals surface area (Å²) in [6.45, 7) is 0.412. The van der Waals surface area contributed by atoms with E-state index in [-0.39, 0.29) is 22.1 Å². The van der Waals surface area contributed by atoms with Crippen molar-refractivity contribution in [2.75, 3.05) is 19.8 Å². The molecular formula is C13H15ClN2O4S. The molecule has 21 heavy (non-hydrogen) atoms. The fourth-order valence-electron chi connectivity index (χ4n) is 2.17. The van der Waals surface area contributed by atoms with Gasteiger partial charge in [-0.1, -0.05) is 11.6 Å². The molecule has 114 valence electrons. The van der Waals surface area contributed by atoms with Crippen molar-refractivity contribution in [3.8, 4) is 6.07 Å². The molecule has 1 aromatic rings. The van der Waals surface area contributed by atoms with E-state index in [4.69, 9.17) is 21.6 Å². The van der Waals surface area contributed by atoms with Crippen LogP contribution in [0, 0.1) is 11.3 Å². The number of hydrogen-bond acceptors (Lipinski definition) is 5. The van der Waals surface area contributed by atoms with Crippen molar-refractivity contribution in [3.63, 3.8) is 0 Å². The van der Waals surface area contributed by atoms with Crippen LogP contribution in [0.5, 0.6) is 0 Å². The predicted molar refractivity (Wildman–Crippen MR) is 76.4 cm³/mol. The molecule has 0 bridgehead atoms.